The summed E-state index contributed by atoms with van der Waals surface area (Å²) in [4.78, 5) is 7.14. The van der Waals surface area contributed by atoms with Crippen LogP contribution in [-0.4, -0.2) is 49.0 Å². The third-order valence-corrected chi connectivity index (χ3v) is 6.70. The molecule has 7 nitrogen and oxygen atoms in total. The highest BCUT2D eigenvalue weighted by Gasteiger charge is 2.41. The van der Waals surface area contributed by atoms with Crippen molar-refractivity contribution in [1.29, 1.82) is 0 Å². The van der Waals surface area contributed by atoms with Gasteiger partial charge in [0, 0.05) is 38.9 Å². The third kappa shape index (κ3) is 3.69. The monoisotopic (exact) mass is 403 g/mol. The van der Waals surface area contributed by atoms with E-state index in [4.69, 9.17) is 0 Å². The lowest BCUT2D eigenvalue weighted by atomic mass is 10.0. The Labute approximate surface area is 177 Å². The van der Waals surface area contributed by atoms with Crippen LogP contribution in [0.1, 0.15) is 29.7 Å². The summed E-state index contributed by atoms with van der Waals surface area (Å²) in [7, 11) is 1.94. The van der Waals surface area contributed by atoms with E-state index in [9.17, 15) is 0 Å². The van der Waals surface area contributed by atoms with Crippen molar-refractivity contribution in [3.8, 4) is 11.4 Å². The van der Waals surface area contributed by atoms with E-state index < -0.39 is 0 Å². The number of hydrogen-bond acceptors (Lipinski definition) is 6. The van der Waals surface area contributed by atoms with E-state index in [1.807, 2.05) is 49.2 Å². The number of aryl methyl sites for hydroxylation is 3. The largest absolute Gasteiger partial charge is 0.366 e. The second kappa shape index (κ2) is 7.80. The quantitative estimate of drug-likeness (QED) is 0.705. The zero-order chi connectivity index (χ0) is 20.7. The minimum atomic E-state index is 0.484. The van der Waals surface area contributed by atoms with Crippen molar-refractivity contribution < 1.29 is 0 Å². The molecule has 2 fully saturated rings. The van der Waals surface area contributed by atoms with Gasteiger partial charge in [0.05, 0.1) is 17.6 Å². The van der Waals surface area contributed by atoms with Crippen LogP contribution in [0.4, 0.5) is 5.82 Å². The standard InChI is InChI=1S/C23H29N7/c1-15-5-4-8-24-21(15)14-30-12-17-9-19(10-18(17)13-30)26-22-7-6-20(27-28-22)23-16(2)11-25-29(23)3/h4-8,11,17-19H,9-10,12-14H2,1-3H3,(H,26,28)/t17-,18+,19?. The highest BCUT2D eigenvalue weighted by Crippen LogP contribution is 2.39. The van der Waals surface area contributed by atoms with Gasteiger partial charge >= 0.3 is 0 Å². The van der Waals surface area contributed by atoms with Gasteiger partial charge in [-0.1, -0.05) is 6.07 Å². The van der Waals surface area contributed by atoms with E-state index in [-0.39, 0.29) is 0 Å². The number of aromatic nitrogens is 5. The number of nitrogens with one attached hydrogen (secondary N) is 1. The Morgan fingerprint density at radius 1 is 1.03 bits per heavy atom. The zero-order valence-corrected chi connectivity index (χ0v) is 17.9. The van der Waals surface area contributed by atoms with Crippen molar-refractivity contribution in [3.05, 3.63) is 53.5 Å². The maximum absolute atomic E-state index is 4.57. The summed E-state index contributed by atoms with van der Waals surface area (Å²) in [6, 6.07) is 8.73. The minimum absolute atomic E-state index is 0.484. The summed E-state index contributed by atoms with van der Waals surface area (Å²) in [6.45, 7) is 7.51. The van der Waals surface area contributed by atoms with Crippen LogP contribution in [0.2, 0.25) is 0 Å². The first-order chi connectivity index (χ1) is 14.6. The van der Waals surface area contributed by atoms with Crippen molar-refractivity contribution in [2.45, 2.75) is 39.3 Å². The van der Waals surface area contributed by atoms with Crippen LogP contribution in [-0.2, 0) is 13.6 Å². The first-order valence-electron chi connectivity index (χ1n) is 10.8. The Kier molecular flexibility index (Phi) is 4.98. The lowest BCUT2D eigenvalue weighted by Gasteiger charge is -2.20. The predicted octanol–water partition coefficient (Wildman–Crippen LogP) is 3.21. The van der Waals surface area contributed by atoms with Gasteiger partial charge in [0.15, 0.2) is 0 Å². The van der Waals surface area contributed by atoms with Crippen LogP contribution in [0.25, 0.3) is 11.4 Å². The van der Waals surface area contributed by atoms with E-state index >= 15 is 0 Å². The molecule has 1 unspecified atom stereocenters. The van der Waals surface area contributed by atoms with E-state index in [0.29, 0.717) is 6.04 Å². The van der Waals surface area contributed by atoms with Crippen LogP contribution >= 0.6 is 0 Å². The summed E-state index contributed by atoms with van der Waals surface area (Å²) < 4.78 is 1.85. The molecule has 0 spiro atoms. The molecule has 3 aromatic heterocycles. The van der Waals surface area contributed by atoms with Gasteiger partial charge in [-0.25, -0.2) is 0 Å². The van der Waals surface area contributed by atoms with E-state index in [0.717, 1.165) is 41.1 Å². The molecule has 5 rings (SSSR count). The van der Waals surface area contributed by atoms with E-state index in [1.54, 1.807) is 0 Å². The highest BCUT2D eigenvalue weighted by atomic mass is 15.3. The van der Waals surface area contributed by atoms with Crippen LogP contribution in [0.5, 0.6) is 0 Å². The molecule has 30 heavy (non-hydrogen) atoms. The summed E-state index contributed by atoms with van der Waals surface area (Å²) in [5.41, 5.74) is 5.50. The van der Waals surface area contributed by atoms with E-state index in [1.165, 1.54) is 37.2 Å². The predicted molar refractivity (Wildman–Crippen MR) is 117 cm³/mol. The van der Waals surface area contributed by atoms with Crippen LogP contribution in [0, 0.1) is 25.7 Å². The van der Waals surface area contributed by atoms with Crippen molar-refractivity contribution in [2.75, 3.05) is 18.4 Å². The molecule has 4 heterocycles. The third-order valence-electron chi connectivity index (χ3n) is 6.70. The summed E-state index contributed by atoms with van der Waals surface area (Å²) in [5, 5.41) is 16.8. The Morgan fingerprint density at radius 2 is 1.83 bits per heavy atom. The van der Waals surface area contributed by atoms with Crippen molar-refractivity contribution in [1.82, 2.24) is 29.9 Å². The lowest BCUT2D eigenvalue weighted by molar-refractivity contribution is 0.297. The molecule has 1 aliphatic heterocycles. The number of anilines is 1. The Morgan fingerprint density at radius 3 is 2.47 bits per heavy atom. The molecule has 1 saturated heterocycles. The average Bonchev–Trinajstić information content (AvgIpc) is 3.37. The maximum Gasteiger partial charge on any atom is 0.148 e. The molecular formula is C23H29N7. The van der Waals surface area contributed by atoms with Gasteiger partial charge in [0.1, 0.15) is 11.5 Å². The SMILES string of the molecule is Cc1cccnc1CN1C[C@H]2CC(Nc3ccc(-c4c(C)cnn4C)nn3)C[C@H]2C1. The summed E-state index contributed by atoms with van der Waals surface area (Å²) in [5.74, 6) is 2.39. The van der Waals surface area contributed by atoms with Gasteiger partial charge in [-0.3, -0.25) is 14.6 Å². The zero-order valence-electron chi connectivity index (χ0n) is 17.9. The Bertz CT molecular complexity index is 993. The van der Waals surface area contributed by atoms with Gasteiger partial charge in [-0.2, -0.15) is 5.10 Å². The number of rotatable bonds is 5. The molecule has 1 N–H and O–H groups in total. The second-order valence-electron chi connectivity index (χ2n) is 8.90. The van der Waals surface area contributed by atoms with Crippen molar-refractivity contribution in [2.24, 2.45) is 18.9 Å². The smallest absolute Gasteiger partial charge is 0.148 e. The average molecular weight is 404 g/mol. The van der Waals surface area contributed by atoms with Crippen molar-refractivity contribution >= 4 is 5.82 Å². The second-order valence-corrected chi connectivity index (χ2v) is 8.90. The first kappa shape index (κ1) is 19.2. The fourth-order valence-corrected chi connectivity index (χ4v) is 5.20. The first-order valence-corrected chi connectivity index (χ1v) is 10.8. The molecule has 0 radical (unpaired) electrons. The molecule has 7 heteroatoms. The lowest BCUT2D eigenvalue weighted by Crippen LogP contribution is -2.25. The number of pyridine rings is 1. The van der Waals surface area contributed by atoms with Gasteiger partial charge < -0.3 is 5.32 Å². The number of fused-ring (bicyclic) bond motifs is 1. The molecule has 1 saturated carbocycles. The van der Waals surface area contributed by atoms with Crippen LogP contribution in [0.15, 0.2) is 36.7 Å². The van der Waals surface area contributed by atoms with Crippen LogP contribution in [0.3, 0.4) is 0 Å². The van der Waals surface area contributed by atoms with E-state index in [2.05, 4.69) is 43.5 Å². The maximum atomic E-state index is 4.57. The fourth-order valence-electron chi connectivity index (χ4n) is 5.20. The van der Waals surface area contributed by atoms with Crippen LogP contribution < -0.4 is 5.32 Å². The Balaban J connectivity index is 1.17. The molecule has 0 amide bonds. The highest BCUT2D eigenvalue weighted by molar-refractivity contribution is 5.59. The molecule has 2 aliphatic rings. The molecule has 1 aliphatic carbocycles. The number of hydrogen-bond donors (Lipinski definition) is 1. The molecular weight excluding hydrogens is 374 g/mol. The number of likely N-dealkylation sites (tertiary alicyclic amines) is 1. The Hall–Kier alpha value is -2.80. The molecule has 0 bridgehead atoms. The summed E-state index contributed by atoms with van der Waals surface area (Å²) in [6.07, 6.45) is 6.17. The molecule has 156 valence electrons. The molecule has 0 aromatic carbocycles. The van der Waals surface area contributed by atoms with Crippen molar-refractivity contribution in [3.63, 3.8) is 0 Å². The van der Waals surface area contributed by atoms with Gasteiger partial charge in [0.25, 0.3) is 0 Å². The van der Waals surface area contributed by atoms with Gasteiger partial charge in [-0.05, 0) is 67.9 Å². The van der Waals surface area contributed by atoms with Gasteiger partial charge in [-0.15, -0.1) is 10.2 Å². The molecule has 3 aromatic rings. The minimum Gasteiger partial charge on any atom is -0.366 e. The molecule has 3 atom stereocenters. The fraction of sp³-hybridized carbons (Fsp3) is 0.478. The number of nitrogens with zero attached hydrogens (tertiary/aromatic N) is 6. The van der Waals surface area contributed by atoms with Gasteiger partial charge in [0.2, 0.25) is 0 Å². The normalized spacial score (nSPS) is 23.6. The summed E-state index contributed by atoms with van der Waals surface area (Å²) >= 11 is 0. The topological polar surface area (TPSA) is 71.8 Å².